The third kappa shape index (κ3) is 7.03. The van der Waals surface area contributed by atoms with Crippen LogP contribution in [0.1, 0.15) is 25.7 Å². The number of halogens is 2. The predicted octanol–water partition coefficient (Wildman–Crippen LogP) is 5.09. The normalized spacial score (nSPS) is 18.4. The van der Waals surface area contributed by atoms with Crippen LogP contribution < -0.4 is 5.32 Å². The minimum atomic E-state index is -0.977. The zero-order chi connectivity index (χ0) is 22.2. The molecule has 1 fully saturated rings. The summed E-state index contributed by atoms with van der Waals surface area (Å²) in [5.74, 6) is -1.40. The van der Waals surface area contributed by atoms with E-state index in [0.717, 1.165) is 25.7 Å². The van der Waals surface area contributed by atoms with Crippen molar-refractivity contribution in [2.45, 2.75) is 25.7 Å². The predicted molar refractivity (Wildman–Crippen MR) is 111 cm³/mol. The molecule has 1 aliphatic rings. The summed E-state index contributed by atoms with van der Waals surface area (Å²) in [6.45, 7) is 0.392. The second kappa shape index (κ2) is 10.9. The number of hydrogen-bond acceptors (Lipinski definition) is 4. The Bertz CT molecular complexity index is 913. The Morgan fingerprint density at radius 1 is 0.968 bits per heavy atom. The van der Waals surface area contributed by atoms with Crippen molar-refractivity contribution in [3.8, 4) is 11.1 Å². The topological polar surface area (TPSA) is 84.9 Å². The molecule has 0 heterocycles. The third-order valence-corrected chi connectivity index (χ3v) is 5.35. The number of aliphatic carboxylic acids is 1. The lowest BCUT2D eigenvalue weighted by Gasteiger charge is -2.27. The van der Waals surface area contributed by atoms with Crippen molar-refractivity contribution in [2.75, 3.05) is 25.1 Å². The fourth-order valence-corrected chi connectivity index (χ4v) is 3.74. The van der Waals surface area contributed by atoms with Crippen LogP contribution in [0.25, 0.3) is 11.1 Å². The molecule has 0 aliphatic heterocycles. The Kier molecular flexibility index (Phi) is 7.94. The Labute approximate surface area is 179 Å². The van der Waals surface area contributed by atoms with Crippen molar-refractivity contribution in [1.82, 2.24) is 0 Å². The number of carboxylic acid groups (broad SMARTS) is 1. The van der Waals surface area contributed by atoms with Gasteiger partial charge >= 0.3 is 12.1 Å². The number of rotatable bonds is 8. The molecule has 31 heavy (non-hydrogen) atoms. The van der Waals surface area contributed by atoms with Gasteiger partial charge in [-0.05, 0) is 73.4 Å². The highest BCUT2D eigenvalue weighted by Crippen LogP contribution is 2.31. The van der Waals surface area contributed by atoms with Crippen molar-refractivity contribution in [3.63, 3.8) is 0 Å². The number of hydrogen-bond donors (Lipinski definition) is 2. The number of carbonyl (C=O) groups is 2. The Balaban J connectivity index is 1.49. The molecule has 1 aliphatic carbocycles. The number of ether oxygens (including phenoxy) is 2. The largest absolute Gasteiger partial charge is 0.480 e. The first-order valence-corrected chi connectivity index (χ1v) is 10.2. The molecule has 3 rings (SSSR count). The maximum absolute atomic E-state index is 13.7. The van der Waals surface area contributed by atoms with Crippen molar-refractivity contribution in [1.29, 1.82) is 0 Å². The molecular weight excluding hydrogens is 408 g/mol. The van der Waals surface area contributed by atoms with E-state index < -0.39 is 23.7 Å². The summed E-state index contributed by atoms with van der Waals surface area (Å²) in [6, 6.07) is 9.57. The molecule has 2 aromatic carbocycles. The molecule has 0 radical (unpaired) electrons. The molecule has 0 bridgehead atoms. The average molecular weight is 433 g/mol. The standard InChI is InChI=1S/C23H25F2NO5/c24-18-3-1-2-17(10-18)20-11-19(25)8-9-21(20)26-23(29)31-13-16-6-4-15(5-7-16)12-30-14-22(27)28/h1-3,8-11,15-16H,4-7,12-14H2,(H,26,29)(H,27,28). The molecule has 0 unspecified atom stereocenters. The van der Waals surface area contributed by atoms with Crippen LogP contribution in [0.15, 0.2) is 42.5 Å². The molecule has 0 spiro atoms. The molecule has 1 amide bonds. The summed E-state index contributed by atoms with van der Waals surface area (Å²) in [4.78, 5) is 22.8. The van der Waals surface area contributed by atoms with Gasteiger partial charge in [-0.15, -0.1) is 0 Å². The second-order valence-electron chi connectivity index (χ2n) is 7.72. The number of nitrogens with one attached hydrogen (secondary N) is 1. The highest BCUT2D eigenvalue weighted by Gasteiger charge is 2.23. The number of carboxylic acids is 1. The van der Waals surface area contributed by atoms with E-state index in [1.54, 1.807) is 6.07 Å². The average Bonchev–Trinajstić information content (AvgIpc) is 2.74. The van der Waals surface area contributed by atoms with E-state index in [0.29, 0.717) is 29.3 Å². The van der Waals surface area contributed by atoms with Gasteiger partial charge in [0.1, 0.15) is 18.2 Å². The van der Waals surface area contributed by atoms with Gasteiger partial charge in [-0.25, -0.2) is 18.4 Å². The van der Waals surface area contributed by atoms with Gasteiger partial charge in [0.25, 0.3) is 0 Å². The molecule has 2 aromatic rings. The van der Waals surface area contributed by atoms with Crippen LogP contribution in [-0.4, -0.2) is 37.0 Å². The van der Waals surface area contributed by atoms with Gasteiger partial charge in [-0.2, -0.15) is 0 Å². The molecule has 0 aromatic heterocycles. The zero-order valence-corrected chi connectivity index (χ0v) is 17.0. The van der Waals surface area contributed by atoms with E-state index in [-0.39, 0.29) is 19.1 Å². The third-order valence-electron chi connectivity index (χ3n) is 5.35. The highest BCUT2D eigenvalue weighted by molar-refractivity contribution is 5.91. The first-order valence-electron chi connectivity index (χ1n) is 10.2. The van der Waals surface area contributed by atoms with E-state index >= 15 is 0 Å². The minimum Gasteiger partial charge on any atom is -0.480 e. The van der Waals surface area contributed by atoms with Crippen molar-refractivity contribution in [3.05, 3.63) is 54.1 Å². The smallest absolute Gasteiger partial charge is 0.411 e. The van der Waals surface area contributed by atoms with E-state index in [9.17, 15) is 18.4 Å². The Morgan fingerprint density at radius 3 is 2.32 bits per heavy atom. The minimum absolute atomic E-state index is 0.220. The number of carbonyl (C=O) groups excluding carboxylic acids is 1. The molecule has 0 atom stereocenters. The summed E-state index contributed by atoms with van der Waals surface area (Å²) < 4.78 is 37.8. The maximum atomic E-state index is 13.7. The highest BCUT2D eigenvalue weighted by atomic mass is 19.1. The van der Waals surface area contributed by atoms with E-state index in [4.69, 9.17) is 14.6 Å². The Hall–Kier alpha value is -3.00. The molecule has 8 heteroatoms. The van der Waals surface area contributed by atoms with Crippen LogP contribution in [0.5, 0.6) is 0 Å². The zero-order valence-electron chi connectivity index (χ0n) is 17.0. The van der Waals surface area contributed by atoms with Gasteiger partial charge in [0.15, 0.2) is 0 Å². The lowest BCUT2D eigenvalue weighted by atomic mass is 9.83. The van der Waals surface area contributed by atoms with Gasteiger partial charge in [0, 0.05) is 5.56 Å². The number of benzene rings is 2. The van der Waals surface area contributed by atoms with Crippen LogP contribution in [0, 0.1) is 23.5 Å². The first kappa shape index (κ1) is 22.7. The molecular formula is C23H25F2NO5. The molecule has 0 saturated heterocycles. The fraction of sp³-hybridized carbons (Fsp3) is 0.391. The summed E-state index contributed by atoms with van der Waals surface area (Å²) in [5.41, 5.74) is 1.13. The summed E-state index contributed by atoms with van der Waals surface area (Å²) in [7, 11) is 0. The molecule has 6 nitrogen and oxygen atoms in total. The molecule has 2 N–H and O–H groups in total. The van der Waals surface area contributed by atoms with Crippen LogP contribution in [0.2, 0.25) is 0 Å². The number of amides is 1. The van der Waals surface area contributed by atoms with Crippen molar-refractivity contribution >= 4 is 17.7 Å². The van der Waals surface area contributed by atoms with E-state index in [2.05, 4.69) is 5.32 Å². The molecule has 166 valence electrons. The van der Waals surface area contributed by atoms with Gasteiger partial charge in [0.2, 0.25) is 0 Å². The van der Waals surface area contributed by atoms with Crippen LogP contribution in [0.4, 0.5) is 19.3 Å². The fourth-order valence-electron chi connectivity index (χ4n) is 3.74. The van der Waals surface area contributed by atoms with Crippen molar-refractivity contribution < 1.29 is 33.0 Å². The van der Waals surface area contributed by atoms with Crippen LogP contribution in [0.3, 0.4) is 0 Å². The van der Waals surface area contributed by atoms with Crippen LogP contribution >= 0.6 is 0 Å². The Morgan fingerprint density at radius 2 is 1.65 bits per heavy atom. The maximum Gasteiger partial charge on any atom is 0.411 e. The van der Waals surface area contributed by atoms with Crippen molar-refractivity contribution in [2.24, 2.45) is 11.8 Å². The van der Waals surface area contributed by atoms with E-state index in [1.165, 1.54) is 36.4 Å². The first-order chi connectivity index (χ1) is 14.9. The van der Waals surface area contributed by atoms with Gasteiger partial charge in [-0.1, -0.05) is 12.1 Å². The molecule has 1 saturated carbocycles. The monoisotopic (exact) mass is 433 g/mol. The van der Waals surface area contributed by atoms with E-state index in [1.807, 2.05) is 0 Å². The SMILES string of the molecule is O=C(O)COCC1CCC(COC(=O)Nc2ccc(F)cc2-c2cccc(F)c2)CC1. The summed E-state index contributed by atoms with van der Waals surface area (Å²) in [5, 5.41) is 11.2. The van der Waals surface area contributed by atoms with Gasteiger partial charge < -0.3 is 14.6 Å². The number of anilines is 1. The summed E-state index contributed by atoms with van der Waals surface area (Å²) in [6.07, 6.45) is 2.84. The quantitative estimate of drug-likeness (QED) is 0.606. The lowest BCUT2D eigenvalue weighted by Crippen LogP contribution is -2.25. The lowest BCUT2D eigenvalue weighted by molar-refractivity contribution is -0.142. The van der Waals surface area contributed by atoms with Crippen LogP contribution in [-0.2, 0) is 14.3 Å². The van der Waals surface area contributed by atoms with Gasteiger partial charge in [-0.3, -0.25) is 5.32 Å². The summed E-state index contributed by atoms with van der Waals surface area (Å²) >= 11 is 0. The second-order valence-corrected chi connectivity index (χ2v) is 7.72. The van der Waals surface area contributed by atoms with Gasteiger partial charge in [0.05, 0.1) is 18.9 Å².